The fourth-order valence-corrected chi connectivity index (χ4v) is 2.08. The van der Waals surface area contributed by atoms with Gasteiger partial charge in [-0.3, -0.25) is 0 Å². The molecule has 0 aliphatic rings. The lowest BCUT2D eigenvalue weighted by molar-refractivity contribution is 0.545. The molecular formula is C16H34N. The molecule has 0 heterocycles. The summed E-state index contributed by atoms with van der Waals surface area (Å²) in [6, 6.07) is 0. The van der Waals surface area contributed by atoms with E-state index in [1.807, 2.05) is 0 Å². The van der Waals surface area contributed by atoms with Crippen LogP contribution in [0.1, 0.15) is 85.0 Å². The molecule has 103 valence electrons. The molecule has 0 atom stereocenters. The smallest absolute Gasteiger partial charge is 0.000811 e. The van der Waals surface area contributed by atoms with Gasteiger partial charge in [0.25, 0.3) is 0 Å². The minimum absolute atomic E-state index is 1.09. The van der Waals surface area contributed by atoms with Crippen LogP contribution in [0.4, 0.5) is 0 Å². The highest BCUT2D eigenvalue weighted by molar-refractivity contribution is 4.79. The van der Waals surface area contributed by atoms with Gasteiger partial charge in [0.05, 0.1) is 0 Å². The van der Waals surface area contributed by atoms with Gasteiger partial charge in [0.2, 0.25) is 0 Å². The highest BCUT2D eigenvalue weighted by Crippen LogP contribution is 2.10. The summed E-state index contributed by atoms with van der Waals surface area (Å²) in [6.07, 6.45) is 14.3. The van der Waals surface area contributed by atoms with E-state index < -0.39 is 0 Å². The van der Waals surface area contributed by atoms with E-state index in [1.54, 1.807) is 0 Å². The summed E-state index contributed by atoms with van der Waals surface area (Å²) < 4.78 is 0. The zero-order valence-corrected chi connectivity index (χ0v) is 12.5. The zero-order chi connectivity index (χ0) is 12.8. The largest absolute Gasteiger partial charge is 0.316 e. The Hall–Kier alpha value is -0.0400. The highest BCUT2D eigenvalue weighted by Gasteiger charge is 1.94. The Kier molecular flexibility index (Phi) is 14.0. The third kappa shape index (κ3) is 16.0. The maximum absolute atomic E-state index is 3.47. The molecule has 0 fully saturated rings. The third-order valence-corrected chi connectivity index (χ3v) is 3.19. The Morgan fingerprint density at radius 3 is 1.65 bits per heavy atom. The summed E-state index contributed by atoms with van der Waals surface area (Å²) in [6.45, 7) is 8.95. The van der Waals surface area contributed by atoms with Crippen LogP contribution >= 0.6 is 0 Å². The molecule has 0 spiro atoms. The summed E-state index contributed by atoms with van der Waals surface area (Å²) in [4.78, 5) is 0. The fourth-order valence-electron chi connectivity index (χ4n) is 2.08. The van der Waals surface area contributed by atoms with Crippen molar-refractivity contribution < 1.29 is 0 Å². The summed E-state index contributed by atoms with van der Waals surface area (Å²) in [5.74, 6) is 1.48. The van der Waals surface area contributed by atoms with Crippen LogP contribution in [0.3, 0.4) is 0 Å². The molecule has 0 bridgehead atoms. The predicted octanol–water partition coefficient (Wildman–Crippen LogP) is 5.11. The Morgan fingerprint density at radius 2 is 1.18 bits per heavy atom. The van der Waals surface area contributed by atoms with E-state index >= 15 is 0 Å². The molecule has 1 heteroatoms. The van der Waals surface area contributed by atoms with E-state index in [9.17, 15) is 0 Å². The second-order valence-corrected chi connectivity index (χ2v) is 5.57. The maximum atomic E-state index is 3.47. The first-order chi connectivity index (χ1) is 8.27. The molecule has 0 saturated carbocycles. The minimum atomic E-state index is 1.09. The zero-order valence-electron chi connectivity index (χ0n) is 12.5. The van der Waals surface area contributed by atoms with Gasteiger partial charge in [-0.2, -0.15) is 0 Å². The van der Waals surface area contributed by atoms with E-state index in [4.69, 9.17) is 0 Å². The Bertz CT molecular complexity index is 131. The highest BCUT2D eigenvalue weighted by atomic mass is 14.8. The molecule has 1 radical (unpaired) electrons. The molecule has 0 aromatic carbocycles. The van der Waals surface area contributed by atoms with Crippen molar-refractivity contribution in [2.24, 2.45) is 0 Å². The second kappa shape index (κ2) is 14.0. The molecule has 0 aromatic heterocycles. The van der Waals surface area contributed by atoms with Gasteiger partial charge in [-0.05, 0) is 18.9 Å². The summed E-state index contributed by atoms with van der Waals surface area (Å²) in [5, 5.41) is 3.47. The molecular weight excluding hydrogens is 206 g/mol. The van der Waals surface area contributed by atoms with Gasteiger partial charge >= 0.3 is 0 Å². The minimum Gasteiger partial charge on any atom is -0.316 e. The summed E-state index contributed by atoms with van der Waals surface area (Å²) >= 11 is 0. The SMILES string of the molecule is CCCCCCCCCCCCNC[C](C)C. The van der Waals surface area contributed by atoms with Crippen LogP contribution < -0.4 is 5.32 Å². The van der Waals surface area contributed by atoms with Crippen molar-refractivity contribution in [1.29, 1.82) is 0 Å². The van der Waals surface area contributed by atoms with Gasteiger partial charge < -0.3 is 5.32 Å². The van der Waals surface area contributed by atoms with Crippen molar-refractivity contribution in [3.63, 3.8) is 0 Å². The van der Waals surface area contributed by atoms with Crippen LogP contribution in [0, 0.1) is 5.92 Å². The number of hydrogen-bond acceptors (Lipinski definition) is 1. The van der Waals surface area contributed by atoms with Crippen LogP contribution in [0.5, 0.6) is 0 Å². The molecule has 17 heavy (non-hydrogen) atoms. The van der Waals surface area contributed by atoms with E-state index in [0.717, 1.165) is 6.54 Å². The number of nitrogens with one attached hydrogen (secondary N) is 1. The third-order valence-electron chi connectivity index (χ3n) is 3.19. The lowest BCUT2D eigenvalue weighted by atomic mass is 10.1. The summed E-state index contributed by atoms with van der Waals surface area (Å²) in [5.41, 5.74) is 0. The van der Waals surface area contributed by atoms with E-state index in [2.05, 4.69) is 26.1 Å². The molecule has 1 N–H and O–H groups in total. The van der Waals surface area contributed by atoms with Gasteiger partial charge in [0.15, 0.2) is 0 Å². The Morgan fingerprint density at radius 1 is 0.706 bits per heavy atom. The lowest BCUT2D eigenvalue weighted by Gasteiger charge is -2.06. The Balaban J connectivity index is 2.89. The van der Waals surface area contributed by atoms with Crippen LogP contribution in [-0.4, -0.2) is 13.1 Å². The molecule has 0 aliphatic carbocycles. The molecule has 0 unspecified atom stereocenters. The Labute approximate surface area is 110 Å². The van der Waals surface area contributed by atoms with Crippen LogP contribution in [0.15, 0.2) is 0 Å². The van der Waals surface area contributed by atoms with Gasteiger partial charge in [0, 0.05) is 6.54 Å². The van der Waals surface area contributed by atoms with Gasteiger partial charge in [-0.1, -0.05) is 78.6 Å². The van der Waals surface area contributed by atoms with Gasteiger partial charge in [-0.15, -0.1) is 0 Å². The quantitative estimate of drug-likeness (QED) is 0.441. The average Bonchev–Trinajstić information content (AvgIpc) is 2.30. The van der Waals surface area contributed by atoms with Crippen LogP contribution in [0.25, 0.3) is 0 Å². The molecule has 0 aromatic rings. The second-order valence-electron chi connectivity index (χ2n) is 5.57. The number of rotatable bonds is 13. The van der Waals surface area contributed by atoms with Crippen LogP contribution in [0.2, 0.25) is 0 Å². The van der Waals surface area contributed by atoms with Crippen molar-refractivity contribution in [3.05, 3.63) is 5.92 Å². The molecule has 0 rings (SSSR count). The lowest BCUT2D eigenvalue weighted by Crippen LogP contribution is -2.19. The van der Waals surface area contributed by atoms with Crippen molar-refractivity contribution in [2.75, 3.05) is 13.1 Å². The molecule has 0 saturated heterocycles. The first-order valence-corrected chi connectivity index (χ1v) is 7.77. The topological polar surface area (TPSA) is 12.0 Å². The first kappa shape index (κ1) is 17.0. The fraction of sp³-hybridized carbons (Fsp3) is 0.938. The average molecular weight is 240 g/mol. The van der Waals surface area contributed by atoms with Crippen molar-refractivity contribution in [3.8, 4) is 0 Å². The number of hydrogen-bond donors (Lipinski definition) is 1. The first-order valence-electron chi connectivity index (χ1n) is 7.77. The van der Waals surface area contributed by atoms with Crippen molar-refractivity contribution >= 4 is 0 Å². The predicted molar refractivity (Wildman–Crippen MR) is 79.3 cm³/mol. The van der Waals surface area contributed by atoms with Gasteiger partial charge in [0.1, 0.15) is 0 Å². The van der Waals surface area contributed by atoms with Gasteiger partial charge in [-0.25, -0.2) is 0 Å². The van der Waals surface area contributed by atoms with E-state index in [0.29, 0.717) is 0 Å². The van der Waals surface area contributed by atoms with Crippen LogP contribution in [-0.2, 0) is 0 Å². The standard InChI is InChI=1S/C16H34N/c1-4-5-6-7-8-9-10-11-12-13-14-17-15-16(2)3/h17H,4-15H2,1-3H3. The maximum Gasteiger partial charge on any atom is 0.000811 e. The molecule has 0 aliphatic heterocycles. The monoisotopic (exact) mass is 240 g/mol. The normalized spacial score (nSPS) is 11.3. The molecule has 0 amide bonds. The van der Waals surface area contributed by atoms with Crippen molar-refractivity contribution in [2.45, 2.75) is 85.0 Å². The summed E-state index contributed by atoms with van der Waals surface area (Å²) in [7, 11) is 0. The number of unbranched alkanes of at least 4 members (excludes halogenated alkanes) is 9. The van der Waals surface area contributed by atoms with E-state index in [1.165, 1.54) is 76.7 Å². The molecule has 1 nitrogen and oxygen atoms in total. The van der Waals surface area contributed by atoms with E-state index in [-0.39, 0.29) is 0 Å². The van der Waals surface area contributed by atoms with Crippen molar-refractivity contribution in [1.82, 2.24) is 5.32 Å².